The second-order valence-electron chi connectivity index (χ2n) is 6.03. The predicted molar refractivity (Wildman–Crippen MR) is 82.6 cm³/mol. The van der Waals surface area contributed by atoms with Crippen molar-refractivity contribution in [2.24, 2.45) is 0 Å². The van der Waals surface area contributed by atoms with Gasteiger partial charge in [-0.25, -0.2) is 4.79 Å². The van der Waals surface area contributed by atoms with E-state index in [1.54, 1.807) is 0 Å². The van der Waals surface area contributed by atoms with Crippen LogP contribution in [0.1, 0.15) is 37.8 Å². The zero-order chi connectivity index (χ0) is 15.5. The number of nitrogens with one attached hydrogen (secondary N) is 1. The van der Waals surface area contributed by atoms with E-state index in [4.69, 9.17) is 9.47 Å². The van der Waals surface area contributed by atoms with E-state index in [9.17, 15) is 4.79 Å². The Labute approximate surface area is 126 Å². The van der Waals surface area contributed by atoms with Crippen LogP contribution >= 0.6 is 0 Å². The normalized spacial score (nSPS) is 17.1. The maximum absolute atomic E-state index is 12.2. The van der Waals surface area contributed by atoms with Crippen LogP contribution in [0.5, 0.6) is 5.75 Å². The summed E-state index contributed by atoms with van der Waals surface area (Å²) in [4.78, 5) is 12.2. The number of hydrogen-bond acceptors (Lipinski definition) is 4. The maximum atomic E-state index is 12.2. The quantitative estimate of drug-likeness (QED) is 0.785. The molecule has 1 atom stereocenters. The molecule has 2 rings (SSSR count). The number of hydrogen-bond donors (Lipinski definition) is 1. The Bertz CT molecular complexity index is 511. The summed E-state index contributed by atoms with van der Waals surface area (Å²) in [5.74, 6) is 0.565. The lowest BCUT2D eigenvalue weighted by molar-refractivity contribution is -0.152. The molecule has 0 aromatic heterocycles. The van der Waals surface area contributed by atoms with E-state index in [-0.39, 0.29) is 12.6 Å². The summed E-state index contributed by atoms with van der Waals surface area (Å²) in [6, 6.07) is 6.44. The monoisotopic (exact) mass is 291 g/mol. The molecule has 0 aliphatic heterocycles. The van der Waals surface area contributed by atoms with Gasteiger partial charge in [0.2, 0.25) is 0 Å². The minimum absolute atomic E-state index is 0.248. The van der Waals surface area contributed by atoms with Crippen LogP contribution in [0.2, 0.25) is 0 Å². The van der Waals surface area contributed by atoms with Crippen molar-refractivity contribution in [1.29, 1.82) is 0 Å². The van der Waals surface area contributed by atoms with Gasteiger partial charge in [0, 0.05) is 6.04 Å². The second kappa shape index (κ2) is 6.48. The number of rotatable bonds is 7. The van der Waals surface area contributed by atoms with E-state index in [0.717, 1.165) is 24.2 Å². The van der Waals surface area contributed by atoms with Crippen molar-refractivity contribution in [2.75, 3.05) is 13.2 Å². The zero-order valence-electron chi connectivity index (χ0n) is 13.4. The maximum Gasteiger partial charge on any atom is 0.329 e. The molecule has 21 heavy (non-hydrogen) atoms. The van der Waals surface area contributed by atoms with Crippen molar-refractivity contribution < 1.29 is 14.3 Å². The number of benzene rings is 1. The van der Waals surface area contributed by atoms with Gasteiger partial charge in [-0.2, -0.15) is 0 Å². The van der Waals surface area contributed by atoms with Gasteiger partial charge >= 0.3 is 5.97 Å². The molecule has 1 aromatic rings. The smallest absolute Gasteiger partial charge is 0.329 e. The number of carbonyl (C=O) groups excluding carboxylic acids is 1. The second-order valence-corrected chi connectivity index (χ2v) is 6.03. The van der Waals surface area contributed by atoms with Crippen molar-refractivity contribution in [3.63, 3.8) is 0 Å². The van der Waals surface area contributed by atoms with Crippen molar-refractivity contribution in [2.45, 2.75) is 52.1 Å². The molecule has 1 aliphatic rings. The molecule has 1 aromatic carbocycles. The van der Waals surface area contributed by atoms with Crippen LogP contribution in [0.4, 0.5) is 0 Å². The summed E-state index contributed by atoms with van der Waals surface area (Å²) in [6.45, 7) is 8.39. The summed E-state index contributed by atoms with van der Waals surface area (Å²) < 4.78 is 11.1. The molecule has 0 amide bonds. The molecule has 4 nitrogen and oxygen atoms in total. The van der Waals surface area contributed by atoms with Gasteiger partial charge in [0.05, 0.1) is 6.61 Å². The third-order valence-corrected chi connectivity index (χ3v) is 3.67. The fourth-order valence-electron chi connectivity index (χ4n) is 2.31. The van der Waals surface area contributed by atoms with Crippen molar-refractivity contribution in [1.82, 2.24) is 5.32 Å². The zero-order valence-corrected chi connectivity index (χ0v) is 13.4. The molecule has 0 saturated heterocycles. The minimum atomic E-state index is -0.797. The summed E-state index contributed by atoms with van der Waals surface area (Å²) in [5, 5.41) is 3.35. The molecular weight excluding hydrogens is 266 g/mol. The Morgan fingerprint density at radius 2 is 2.10 bits per heavy atom. The molecule has 4 heteroatoms. The average Bonchev–Trinajstić information content (AvgIpc) is 3.22. The number of esters is 1. The van der Waals surface area contributed by atoms with Gasteiger partial charge in [-0.15, -0.1) is 0 Å². The molecule has 0 radical (unpaired) electrons. The molecule has 1 unspecified atom stereocenters. The molecule has 1 fully saturated rings. The minimum Gasteiger partial charge on any atom is -0.491 e. The molecular formula is C17H25NO3. The van der Waals surface area contributed by atoms with Crippen LogP contribution in [-0.4, -0.2) is 30.8 Å². The van der Waals surface area contributed by atoms with Gasteiger partial charge < -0.3 is 9.47 Å². The third kappa shape index (κ3) is 4.21. The Morgan fingerprint density at radius 1 is 1.38 bits per heavy atom. The van der Waals surface area contributed by atoms with Gasteiger partial charge in [-0.1, -0.05) is 17.7 Å². The first-order chi connectivity index (χ1) is 9.94. The highest BCUT2D eigenvalue weighted by Crippen LogP contribution is 2.25. The van der Waals surface area contributed by atoms with Crippen LogP contribution in [0.15, 0.2) is 18.2 Å². The summed E-state index contributed by atoms with van der Waals surface area (Å²) in [7, 11) is 0. The first-order valence-electron chi connectivity index (χ1n) is 7.59. The molecule has 0 bridgehead atoms. The Balaban J connectivity index is 2.05. The summed E-state index contributed by atoms with van der Waals surface area (Å²) in [5.41, 5.74) is 1.48. The molecule has 116 valence electrons. The van der Waals surface area contributed by atoms with Gasteiger partial charge in [-0.05, 0) is 52.2 Å². The van der Waals surface area contributed by atoms with Gasteiger partial charge in [-0.3, -0.25) is 5.32 Å². The Hall–Kier alpha value is -1.55. The van der Waals surface area contributed by atoms with Crippen molar-refractivity contribution in [3.05, 3.63) is 29.3 Å². The molecule has 0 heterocycles. The van der Waals surface area contributed by atoms with Crippen LogP contribution < -0.4 is 10.1 Å². The first kappa shape index (κ1) is 15.8. The fourth-order valence-corrected chi connectivity index (χ4v) is 2.31. The fraction of sp³-hybridized carbons (Fsp3) is 0.588. The first-order valence-corrected chi connectivity index (χ1v) is 7.59. The largest absolute Gasteiger partial charge is 0.491 e. The van der Waals surface area contributed by atoms with E-state index in [2.05, 4.69) is 11.4 Å². The van der Waals surface area contributed by atoms with Crippen LogP contribution in [0, 0.1) is 13.8 Å². The Kier molecular flexibility index (Phi) is 4.88. The number of aryl methyl sites for hydroxylation is 2. The van der Waals surface area contributed by atoms with E-state index >= 15 is 0 Å². The lowest BCUT2D eigenvalue weighted by Crippen LogP contribution is -2.55. The van der Waals surface area contributed by atoms with E-state index in [1.807, 2.05) is 39.8 Å². The SMILES string of the molecule is CCOC(=O)C(C)(COc1ccc(C)cc1C)NC1CC1. The molecule has 0 spiro atoms. The highest BCUT2D eigenvalue weighted by Gasteiger charge is 2.40. The summed E-state index contributed by atoms with van der Waals surface area (Å²) in [6.07, 6.45) is 2.22. The highest BCUT2D eigenvalue weighted by molar-refractivity contribution is 5.80. The third-order valence-electron chi connectivity index (χ3n) is 3.67. The average molecular weight is 291 g/mol. The number of ether oxygens (including phenoxy) is 2. The van der Waals surface area contributed by atoms with Crippen LogP contribution in [0.3, 0.4) is 0 Å². The lowest BCUT2D eigenvalue weighted by Gasteiger charge is -2.29. The van der Waals surface area contributed by atoms with E-state index < -0.39 is 5.54 Å². The van der Waals surface area contributed by atoms with Crippen LogP contribution in [0.25, 0.3) is 0 Å². The lowest BCUT2D eigenvalue weighted by atomic mass is 10.0. The van der Waals surface area contributed by atoms with Gasteiger partial charge in [0.15, 0.2) is 0 Å². The van der Waals surface area contributed by atoms with E-state index in [1.165, 1.54) is 5.56 Å². The van der Waals surface area contributed by atoms with Crippen LogP contribution in [-0.2, 0) is 9.53 Å². The molecule has 1 aliphatic carbocycles. The van der Waals surface area contributed by atoms with E-state index in [0.29, 0.717) is 12.6 Å². The van der Waals surface area contributed by atoms with Gasteiger partial charge in [0.1, 0.15) is 17.9 Å². The highest BCUT2D eigenvalue weighted by atomic mass is 16.5. The molecule has 1 saturated carbocycles. The summed E-state index contributed by atoms with van der Waals surface area (Å²) >= 11 is 0. The number of carbonyl (C=O) groups is 1. The Morgan fingerprint density at radius 3 is 2.67 bits per heavy atom. The van der Waals surface area contributed by atoms with Gasteiger partial charge in [0.25, 0.3) is 0 Å². The predicted octanol–water partition coefficient (Wildman–Crippen LogP) is 2.76. The topological polar surface area (TPSA) is 47.6 Å². The molecule has 1 N–H and O–H groups in total. The van der Waals surface area contributed by atoms with Crippen molar-refractivity contribution >= 4 is 5.97 Å². The van der Waals surface area contributed by atoms with Crippen molar-refractivity contribution in [3.8, 4) is 5.75 Å². The standard InChI is InChI=1S/C17H25NO3/c1-5-20-16(19)17(4,18-14-7-8-14)11-21-15-9-6-12(2)10-13(15)3/h6,9-10,14,18H,5,7-8,11H2,1-4H3.